The van der Waals surface area contributed by atoms with Gasteiger partial charge in [-0.3, -0.25) is 9.59 Å². The Kier molecular flexibility index (Phi) is 8.02. The van der Waals surface area contributed by atoms with Gasteiger partial charge in [-0.05, 0) is 76.6 Å². The van der Waals surface area contributed by atoms with Crippen LogP contribution in [0, 0.1) is 0 Å². The molecular weight excluding hydrogens is 586 g/mol. The zero-order chi connectivity index (χ0) is 26.8. The van der Waals surface area contributed by atoms with Gasteiger partial charge in [0.25, 0.3) is 5.91 Å². The maximum Gasteiger partial charge on any atom is 0.499 e. The number of amides is 3. The summed E-state index contributed by atoms with van der Waals surface area (Å²) in [6.07, 6.45) is 2.83. The number of rotatable bonds is 7. The van der Waals surface area contributed by atoms with Crippen molar-refractivity contribution in [1.82, 2.24) is 9.80 Å². The minimum atomic E-state index is -0.519. The first-order valence-electron chi connectivity index (χ1n) is 12.3. The predicted octanol–water partition coefficient (Wildman–Crippen LogP) is 6.07. The number of hydrogen-bond acceptors (Lipinski definition) is 4. The van der Waals surface area contributed by atoms with Gasteiger partial charge in [-0.25, -0.2) is 4.90 Å². The van der Waals surface area contributed by atoms with E-state index in [1.807, 2.05) is 60.9 Å². The lowest BCUT2D eigenvalue weighted by Crippen LogP contribution is -2.56. The lowest BCUT2D eigenvalue weighted by Gasteiger charge is -2.32. The molecule has 0 aliphatic carbocycles. The summed E-state index contributed by atoms with van der Waals surface area (Å²) in [6.45, 7) is 0.956. The van der Waals surface area contributed by atoms with Gasteiger partial charge in [0.1, 0.15) is 12.2 Å². The average Bonchev–Trinajstić information content (AvgIpc) is 3.25. The van der Waals surface area contributed by atoms with E-state index in [-0.39, 0.29) is 30.7 Å². The van der Waals surface area contributed by atoms with Gasteiger partial charge in [0.05, 0.1) is 18.1 Å². The number of urea groups is 1. The number of nitrogens with zero attached hydrogens (tertiary/aromatic N) is 3. The summed E-state index contributed by atoms with van der Waals surface area (Å²) in [4.78, 5) is 45.3. The van der Waals surface area contributed by atoms with E-state index in [4.69, 9.17) is 11.6 Å². The number of benzene rings is 3. The van der Waals surface area contributed by atoms with Crippen molar-refractivity contribution in [3.05, 3.63) is 93.4 Å². The molecule has 1 fully saturated rings. The summed E-state index contributed by atoms with van der Waals surface area (Å²) in [5.74, 6) is -0.269. The Hall–Kier alpha value is -2.94. The second-order valence-corrected chi connectivity index (χ2v) is 11.3. The predicted molar refractivity (Wildman–Crippen MR) is 154 cm³/mol. The largest absolute Gasteiger partial charge is 0.499 e. The molecule has 3 aromatic carbocycles. The van der Waals surface area contributed by atoms with Crippen molar-refractivity contribution < 1.29 is 19.0 Å². The lowest BCUT2D eigenvalue weighted by atomic mass is 9.98. The number of fused-ring (bicyclic) bond motifs is 1. The molecule has 1 unspecified atom stereocenters. The van der Waals surface area contributed by atoms with E-state index < -0.39 is 6.04 Å². The molecule has 0 radical (unpaired) electrons. The molecule has 2 aliphatic heterocycles. The highest BCUT2D eigenvalue weighted by atomic mass is 79.9. The first-order chi connectivity index (χ1) is 18.4. The van der Waals surface area contributed by atoms with Crippen LogP contribution in [0.2, 0.25) is 5.02 Å². The Labute approximate surface area is 239 Å². The van der Waals surface area contributed by atoms with Crippen LogP contribution in [-0.2, 0) is 11.2 Å². The fourth-order valence-corrected chi connectivity index (χ4v) is 5.78. The minimum Gasteiger partial charge on any atom is -0.330 e. The van der Waals surface area contributed by atoms with E-state index >= 15 is 0 Å². The molecule has 1 atom stereocenters. The molecule has 2 heterocycles. The molecule has 3 amide bonds. The van der Waals surface area contributed by atoms with Crippen LogP contribution in [0.25, 0.3) is 0 Å². The topological polar surface area (TPSA) is 60.7 Å². The molecule has 0 aromatic heterocycles. The third-order valence-corrected chi connectivity index (χ3v) is 8.90. The van der Waals surface area contributed by atoms with Gasteiger partial charge < -0.3 is 4.90 Å². The van der Waals surface area contributed by atoms with E-state index in [0.717, 1.165) is 10.5 Å². The van der Waals surface area contributed by atoms with Crippen molar-refractivity contribution in [2.75, 3.05) is 25.9 Å². The SMILES string of the molecule is CSc1ccc([N+]2=C(C(=O)CCc3ccccc3)C3CN(C(=O)c4ccc(Br)c(Cl)c4)CCN3C2=O)cc1. The molecule has 1 saturated heterocycles. The van der Waals surface area contributed by atoms with Crippen molar-refractivity contribution in [2.24, 2.45) is 0 Å². The maximum atomic E-state index is 13.8. The van der Waals surface area contributed by atoms with Crippen molar-refractivity contribution in [3.63, 3.8) is 0 Å². The van der Waals surface area contributed by atoms with Gasteiger partial charge in [0, 0.05) is 21.4 Å². The van der Waals surface area contributed by atoms with Crippen LogP contribution in [0.1, 0.15) is 22.3 Å². The van der Waals surface area contributed by atoms with Gasteiger partial charge in [-0.15, -0.1) is 11.8 Å². The molecule has 9 heteroatoms. The average molecular weight is 612 g/mol. The van der Waals surface area contributed by atoms with Crippen molar-refractivity contribution in [3.8, 4) is 0 Å². The van der Waals surface area contributed by atoms with Gasteiger partial charge in [-0.2, -0.15) is 9.37 Å². The third kappa shape index (κ3) is 5.30. The van der Waals surface area contributed by atoms with Crippen LogP contribution in [0.5, 0.6) is 0 Å². The minimum absolute atomic E-state index is 0.0929. The fourth-order valence-electron chi connectivity index (χ4n) is 4.94. The zero-order valence-corrected chi connectivity index (χ0v) is 23.9. The highest BCUT2D eigenvalue weighted by Crippen LogP contribution is 2.29. The normalized spacial score (nSPS) is 17.1. The number of hydrogen-bond donors (Lipinski definition) is 0. The van der Waals surface area contributed by atoms with Crippen LogP contribution in [0.15, 0.2) is 82.2 Å². The summed E-state index contributed by atoms with van der Waals surface area (Å²) in [5, 5.41) is 0.453. The molecule has 3 aromatic rings. The number of ketones is 1. The Morgan fingerprint density at radius 3 is 2.47 bits per heavy atom. The van der Waals surface area contributed by atoms with Crippen LogP contribution < -0.4 is 0 Å². The van der Waals surface area contributed by atoms with Gasteiger partial charge in [-0.1, -0.05) is 41.9 Å². The van der Waals surface area contributed by atoms with E-state index in [1.165, 1.54) is 0 Å². The molecule has 2 aliphatic rings. The number of carbonyl (C=O) groups excluding carboxylic acids is 3. The van der Waals surface area contributed by atoms with E-state index in [0.29, 0.717) is 46.0 Å². The Balaban J connectivity index is 1.48. The highest BCUT2D eigenvalue weighted by molar-refractivity contribution is 9.10. The molecular formula is C29H26BrClN3O3S+. The number of Topliss-reactive ketones (excluding diaryl/α,β-unsaturated/α-hetero) is 1. The number of aryl methyl sites for hydroxylation is 1. The van der Waals surface area contributed by atoms with Crippen LogP contribution in [-0.4, -0.2) is 69.7 Å². The zero-order valence-electron chi connectivity index (χ0n) is 20.8. The molecule has 0 bridgehead atoms. The number of halogens is 2. The molecule has 194 valence electrons. The third-order valence-electron chi connectivity index (χ3n) is 6.93. The summed E-state index contributed by atoms with van der Waals surface area (Å²) < 4.78 is 2.26. The first-order valence-corrected chi connectivity index (χ1v) is 14.7. The van der Waals surface area contributed by atoms with Crippen molar-refractivity contribution in [1.29, 1.82) is 0 Å². The Morgan fingerprint density at radius 1 is 1.05 bits per heavy atom. The van der Waals surface area contributed by atoms with Crippen LogP contribution >= 0.6 is 39.3 Å². The van der Waals surface area contributed by atoms with E-state index in [2.05, 4.69) is 15.9 Å². The van der Waals surface area contributed by atoms with E-state index in [1.54, 1.807) is 44.3 Å². The fraction of sp³-hybridized carbons (Fsp3) is 0.241. The van der Waals surface area contributed by atoms with Crippen LogP contribution in [0.4, 0.5) is 10.5 Å². The standard InChI is InChI=1S/C29H26BrClN3O3S/c1-38-22-11-9-21(10-12-22)34-27(26(35)14-7-19-5-3-2-4-6-19)25-18-32(15-16-33(25)29(34)37)28(36)20-8-13-23(30)24(31)17-20/h2-6,8-13,17,25H,7,14-16,18H2,1H3/q+1. The summed E-state index contributed by atoms with van der Waals surface area (Å²) in [7, 11) is 0. The van der Waals surface area contributed by atoms with Gasteiger partial charge in [0.15, 0.2) is 6.04 Å². The highest BCUT2D eigenvalue weighted by Gasteiger charge is 2.53. The summed E-state index contributed by atoms with van der Waals surface area (Å²) in [5.41, 5.74) is 2.61. The molecule has 6 nitrogen and oxygen atoms in total. The van der Waals surface area contributed by atoms with Crippen LogP contribution in [0.3, 0.4) is 0 Å². The maximum absolute atomic E-state index is 13.8. The number of thioether (sulfide) groups is 1. The number of carbonyl (C=O) groups is 3. The second-order valence-electron chi connectivity index (χ2n) is 9.20. The summed E-state index contributed by atoms with van der Waals surface area (Å²) in [6, 6.07) is 21.8. The molecule has 38 heavy (non-hydrogen) atoms. The second kappa shape index (κ2) is 11.4. The van der Waals surface area contributed by atoms with Gasteiger partial charge in [0.2, 0.25) is 11.5 Å². The molecule has 5 rings (SSSR count). The molecule has 0 spiro atoms. The first kappa shape index (κ1) is 26.7. The molecule has 0 N–H and O–H groups in total. The van der Waals surface area contributed by atoms with Crippen molar-refractivity contribution >= 4 is 68.4 Å². The Morgan fingerprint density at radius 2 is 1.79 bits per heavy atom. The van der Waals surface area contributed by atoms with E-state index in [9.17, 15) is 14.4 Å². The smallest absolute Gasteiger partial charge is 0.330 e. The quantitative estimate of drug-likeness (QED) is 0.240. The van der Waals surface area contributed by atoms with Gasteiger partial charge >= 0.3 is 6.03 Å². The summed E-state index contributed by atoms with van der Waals surface area (Å²) >= 11 is 11.2. The monoisotopic (exact) mass is 610 g/mol. The number of piperazine rings is 1. The molecule has 0 saturated carbocycles. The van der Waals surface area contributed by atoms with Crippen molar-refractivity contribution in [2.45, 2.75) is 23.8 Å². The Bertz CT molecular complexity index is 1430. The lowest BCUT2D eigenvalue weighted by molar-refractivity contribution is -0.332.